The maximum absolute atomic E-state index is 10.6. The Hall–Kier alpha value is -1.33. The minimum absolute atomic E-state index is 0.0399. The van der Waals surface area contributed by atoms with Gasteiger partial charge < -0.3 is 9.84 Å². The Kier molecular flexibility index (Phi) is 4.27. The Balaban J connectivity index is 2.00. The van der Waals surface area contributed by atoms with Gasteiger partial charge in [0.05, 0.1) is 10.5 Å². The van der Waals surface area contributed by atoms with Gasteiger partial charge in [0.1, 0.15) is 17.4 Å². The highest BCUT2D eigenvalue weighted by molar-refractivity contribution is 6.32. The molecule has 0 aliphatic heterocycles. The Labute approximate surface area is 116 Å². The molecular weight excluding hydrogens is 270 g/mol. The predicted octanol–water partition coefficient (Wildman–Crippen LogP) is 3.32. The number of aliphatic hydroxyl groups is 1. The third kappa shape index (κ3) is 3.58. The van der Waals surface area contributed by atoms with Crippen LogP contribution >= 0.6 is 11.6 Å². The Bertz CT molecular complexity index is 472. The van der Waals surface area contributed by atoms with Crippen LogP contribution in [0, 0.1) is 10.1 Å². The molecule has 104 valence electrons. The van der Waals surface area contributed by atoms with E-state index in [0.29, 0.717) is 5.75 Å². The van der Waals surface area contributed by atoms with Crippen LogP contribution in [0.15, 0.2) is 18.2 Å². The highest BCUT2D eigenvalue weighted by Gasteiger charge is 2.30. The van der Waals surface area contributed by atoms with Gasteiger partial charge in [0.15, 0.2) is 0 Å². The highest BCUT2D eigenvalue weighted by atomic mass is 35.5. The first-order valence-corrected chi connectivity index (χ1v) is 6.67. The molecule has 1 aliphatic rings. The zero-order valence-corrected chi connectivity index (χ0v) is 11.2. The Morgan fingerprint density at radius 1 is 1.37 bits per heavy atom. The summed E-state index contributed by atoms with van der Waals surface area (Å²) in [4.78, 5) is 10.1. The molecule has 19 heavy (non-hydrogen) atoms. The summed E-state index contributed by atoms with van der Waals surface area (Å²) in [6.07, 6.45) is 4.61. The smallest absolute Gasteiger partial charge is 0.288 e. The number of nitro groups is 1. The molecule has 0 spiro atoms. The van der Waals surface area contributed by atoms with Crippen LogP contribution in [0.3, 0.4) is 0 Å². The van der Waals surface area contributed by atoms with Crippen molar-refractivity contribution in [1.29, 1.82) is 0 Å². The zero-order valence-electron chi connectivity index (χ0n) is 10.5. The zero-order chi connectivity index (χ0) is 13.9. The molecule has 0 atom stereocenters. The first-order valence-electron chi connectivity index (χ1n) is 6.29. The summed E-state index contributed by atoms with van der Waals surface area (Å²) in [5.74, 6) is 0.439. The van der Waals surface area contributed by atoms with E-state index in [2.05, 4.69) is 0 Å². The average Bonchev–Trinajstić information content (AvgIpc) is 2.37. The van der Waals surface area contributed by atoms with E-state index in [1.165, 1.54) is 18.2 Å². The third-order valence-corrected chi connectivity index (χ3v) is 3.71. The first kappa shape index (κ1) is 14.1. The molecule has 0 amide bonds. The van der Waals surface area contributed by atoms with Gasteiger partial charge in [0.2, 0.25) is 0 Å². The summed E-state index contributed by atoms with van der Waals surface area (Å²) < 4.78 is 5.51. The van der Waals surface area contributed by atoms with Crippen molar-refractivity contribution in [3.05, 3.63) is 33.3 Å². The number of hydrogen-bond donors (Lipinski definition) is 1. The lowest BCUT2D eigenvalue weighted by Crippen LogP contribution is -2.37. The van der Waals surface area contributed by atoms with Gasteiger partial charge in [-0.25, -0.2) is 0 Å². The summed E-state index contributed by atoms with van der Waals surface area (Å²) in [6, 6.07) is 4.21. The van der Waals surface area contributed by atoms with Crippen LogP contribution in [-0.4, -0.2) is 22.2 Å². The van der Waals surface area contributed by atoms with Crippen molar-refractivity contribution in [1.82, 2.24) is 0 Å². The van der Waals surface area contributed by atoms with E-state index >= 15 is 0 Å². The van der Waals surface area contributed by atoms with Gasteiger partial charge in [-0.3, -0.25) is 10.1 Å². The van der Waals surface area contributed by atoms with Crippen molar-refractivity contribution < 1.29 is 14.8 Å². The Morgan fingerprint density at radius 2 is 2.05 bits per heavy atom. The topological polar surface area (TPSA) is 72.6 Å². The van der Waals surface area contributed by atoms with Crippen LogP contribution < -0.4 is 4.74 Å². The van der Waals surface area contributed by atoms with Crippen LogP contribution in [0.4, 0.5) is 5.69 Å². The summed E-state index contributed by atoms with van der Waals surface area (Å²) in [6.45, 7) is 0.196. The van der Waals surface area contributed by atoms with E-state index < -0.39 is 10.5 Å². The Morgan fingerprint density at radius 3 is 2.63 bits per heavy atom. The quantitative estimate of drug-likeness (QED) is 0.680. The van der Waals surface area contributed by atoms with E-state index in [1.807, 2.05) is 0 Å². The number of halogens is 1. The predicted molar refractivity (Wildman–Crippen MR) is 71.6 cm³/mol. The van der Waals surface area contributed by atoms with Gasteiger partial charge in [-0.2, -0.15) is 0 Å². The van der Waals surface area contributed by atoms with Crippen LogP contribution in [0.25, 0.3) is 0 Å². The molecule has 1 N–H and O–H groups in total. The molecule has 1 aromatic rings. The van der Waals surface area contributed by atoms with Crippen molar-refractivity contribution in [3.63, 3.8) is 0 Å². The number of nitro benzene ring substituents is 1. The normalized spacial score (nSPS) is 18.0. The van der Waals surface area contributed by atoms with Crippen molar-refractivity contribution >= 4 is 17.3 Å². The second kappa shape index (κ2) is 5.75. The lowest BCUT2D eigenvalue weighted by molar-refractivity contribution is -0.384. The van der Waals surface area contributed by atoms with Crippen molar-refractivity contribution in [2.75, 3.05) is 6.61 Å². The second-order valence-corrected chi connectivity index (χ2v) is 5.35. The molecular formula is C13H16ClNO4. The fraction of sp³-hybridized carbons (Fsp3) is 0.538. The molecule has 1 fully saturated rings. The molecule has 0 unspecified atom stereocenters. The van der Waals surface area contributed by atoms with Crippen LogP contribution in [0.5, 0.6) is 5.75 Å². The molecule has 0 aromatic heterocycles. The minimum atomic E-state index is -0.785. The van der Waals surface area contributed by atoms with Crippen molar-refractivity contribution in [2.24, 2.45) is 0 Å². The molecule has 0 radical (unpaired) electrons. The van der Waals surface area contributed by atoms with Crippen molar-refractivity contribution in [2.45, 2.75) is 37.7 Å². The number of nitrogens with zero attached hydrogens (tertiary/aromatic N) is 1. The van der Waals surface area contributed by atoms with Gasteiger partial charge in [-0.05, 0) is 18.9 Å². The van der Waals surface area contributed by atoms with Crippen LogP contribution in [-0.2, 0) is 0 Å². The number of ether oxygens (including phenoxy) is 1. The number of benzene rings is 1. The van der Waals surface area contributed by atoms with Gasteiger partial charge >= 0.3 is 0 Å². The van der Waals surface area contributed by atoms with Crippen LogP contribution in [0.1, 0.15) is 32.1 Å². The SMILES string of the molecule is O=[N+]([O-])c1ccc(OCC2(O)CCCCC2)cc1Cl. The van der Waals surface area contributed by atoms with E-state index in [4.69, 9.17) is 16.3 Å². The maximum Gasteiger partial charge on any atom is 0.288 e. The molecule has 2 rings (SSSR count). The molecule has 0 saturated heterocycles. The lowest BCUT2D eigenvalue weighted by Gasteiger charge is -2.31. The number of rotatable bonds is 4. The third-order valence-electron chi connectivity index (χ3n) is 3.41. The van der Waals surface area contributed by atoms with Gasteiger partial charge in [0.25, 0.3) is 5.69 Å². The number of hydrogen-bond acceptors (Lipinski definition) is 4. The molecule has 0 heterocycles. The summed E-state index contributed by atoms with van der Waals surface area (Å²) in [5, 5.41) is 20.9. The van der Waals surface area contributed by atoms with E-state index in [0.717, 1.165) is 32.1 Å². The lowest BCUT2D eigenvalue weighted by atomic mass is 9.85. The fourth-order valence-corrected chi connectivity index (χ4v) is 2.54. The molecule has 1 aromatic carbocycles. The summed E-state index contributed by atoms with van der Waals surface area (Å²) in [5.41, 5.74) is -0.933. The largest absolute Gasteiger partial charge is 0.491 e. The van der Waals surface area contributed by atoms with E-state index in [9.17, 15) is 15.2 Å². The minimum Gasteiger partial charge on any atom is -0.491 e. The standard InChI is InChI=1S/C13H16ClNO4/c14-11-8-10(4-5-12(11)15(17)18)19-9-13(16)6-2-1-3-7-13/h4-5,8,16H,1-3,6-7,9H2. The monoisotopic (exact) mass is 285 g/mol. The van der Waals surface area contributed by atoms with Crippen LogP contribution in [0.2, 0.25) is 5.02 Å². The van der Waals surface area contributed by atoms with Gasteiger partial charge in [-0.15, -0.1) is 0 Å². The van der Waals surface area contributed by atoms with E-state index in [-0.39, 0.29) is 17.3 Å². The molecule has 1 saturated carbocycles. The molecule has 1 aliphatic carbocycles. The fourth-order valence-electron chi connectivity index (χ4n) is 2.30. The molecule has 6 heteroatoms. The highest BCUT2D eigenvalue weighted by Crippen LogP contribution is 2.31. The molecule has 0 bridgehead atoms. The first-order chi connectivity index (χ1) is 9.00. The molecule has 5 nitrogen and oxygen atoms in total. The van der Waals surface area contributed by atoms with E-state index in [1.54, 1.807) is 0 Å². The summed E-state index contributed by atoms with van der Waals surface area (Å²) in [7, 11) is 0. The van der Waals surface area contributed by atoms with Gasteiger partial charge in [0, 0.05) is 12.1 Å². The average molecular weight is 286 g/mol. The second-order valence-electron chi connectivity index (χ2n) is 4.94. The van der Waals surface area contributed by atoms with Gasteiger partial charge in [-0.1, -0.05) is 30.9 Å². The van der Waals surface area contributed by atoms with Crippen molar-refractivity contribution in [3.8, 4) is 5.75 Å². The summed E-state index contributed by atoms with van der Waals surface area (Å²) >= 11 is 5.80. The maximum atomic E-state index is 10.6.